The van der Waals surface area contributed by atoms with Crippen molar-refractivity contribution in [3.05, 3.63) is 71.4 Å². The fourth-order valence-electron chi connectivity index (χ4n) is 3.33. The maximum atomic E-state index is 13.8. The number of hydrogen-bond acceptors (Lipinski definition) is 5. The number of nitrogens with one attached hydrogen (secondary N) is 2. The smallest absolute Gasteiger partial charge is 0.258 e. The molecule has 1 aliphatic rings. The second-order valence-electron chi connectivity index (χ2n) is 7.17. The van der Waals surface area contributed by atoms with Crippen LogP contribution in [0.15, 0.2) is 48.5 Å². The Bertz CT molecular complexity index is 1070. The van der Waals surface area contributed by atoms with E-state index >= 15 is 0 Å². The third-order valence-electron chi connectivity index (χ3n) is 4.82. The van der Waals surface area contributed by atoms with Crippen LogP contribution >= 0.6 is 0 Å². The van der Waals surface area contributed by atoms with Gasteiger partial charge in [0.2, 0.25) is 5.95 Å². The van der Waals surface area contributed by atoms with Crippen molar-refractivity contribution >= 4 is 29.0 Å². The predicted octanol–water partition coefficient (Wildman–Crippen LogP) is 4.66. The van der Waals surface area contributed by atoms with Crippen LogP contribution in [0.4, 0.5) is 31.9 Å². The van der Waals surface area contributed by atoms with Gasteiger partial charge in [0.1, 0.15) is 17.5 Å². The number of anilines is 4. The summed E-state index contributed by atoms with van der Waals surface area (Å²) in [6, 6.07) is 11.7. The number of carbonyl (C=O) groups excluding carboxylic acids is 1. The molecule has 0 spiro atoms. The average molecular weight is 409 g/mol. The number of benzene rings is 2. The highest BCUT2D eigenvalue weighted by Gasteiger charge is 2.16. The summed E-state index contributed by atoms with van der Waals surface area (Å²) in [5, 5.41) is 5.85. The highest BCUT2D eigenvalue weighted by atomic mass is 19.1. The van der Waals surface area contributed by atoms with Gasteiger partial charge in [-0.05, 0) is 56.2 Å². The number of amides is 1. The SMILES string of the molecule is Cc1cc(Nc2ccc(NC(=O)c3ccc(F)cc3F)cc2)nc(N2CCCC2)n1. The monoisotopic (exact) mass is 409 g/mol. The molecule has 1 aliphatic heterocycles. The third kappa shape index (κ3) is 4.53. The van der Waals surface area contributed by atoms with Gasteiger partial charge in [0, 0.05) is 42.3 Å². The Morgan fingerprint density at radius 1 is 0.967 bits per heavy atom. The lowest BCUT2D eigenvalue weighted by molar-refractivity contribution is 0.102. The van der Waals surface area contributed by atoms with Crippen molar-refractivity contribution in [3.8, 4) is 0 Å². The van der Waals surface area contributed by atoms with Crippen LogP contribution in [0.1, 0.15) is 28.9 Å². The molecule has 1 fully saturated rings. The summed E-state index contributed by atoms with van der Waals surface area (Å²) < 4.78 is 26.8. The topological polar surface area (TPSA) is 70.2 Å². The summed E-state index contributed by atoms with van der Waals surface area (Å²) >= 11 is 0. The normalized spacial score (nSPS) is 13.4. The van der Waals surface area contributed by atoms with E-state index in [-0.39, 0.29) is 5.56 Å². The minimum Gasteiger partial charge on any atom is -0.341 e. The summed E-state index contributed by atoms with van der Waals surface area (Å²) in [7, 11) is 0. The molecule has 8 heteroatoms. The lowest BCUT2D eigenvalue weighted by Gasteiger charge is -2.17. The van der Waals surface area contributed by atoms with Gasteiger partial charge in [0.15, 0.2) is 0 Å². The van der Waals surface area contributed by atoms with E-state index in [0.717, 1.165) is 55.4 Å². The van der Waals surface area contributed by atoms with Crippen LogP contribution in [-0.2, 0) is 0 Å². The molecule has 0 bridgehead atoms. The Hall–Kier alpha value is -3.55. The van der Waals surface area contributed by atoms with Crippen LogP contribution in [-0.4, -0.2) is 29.0 Å². The number of carbonyl (C=O) groups is 1. The number of hydrogen-bond donors (Lipinski definition) is 2. The van der Waals surface area contributed by atoms with Crippen molar-refractivity contribution in [2.24, 2.45) is 0 Å². The molecule has 2 heterocycles. The van der Waals surface area contributed by atoms with Crippen molar-refractivity contribution < 1.29 is 13.6 Å². The molecule has 0 atom stereocenters. The van der Waals surface area contributed by atoms with Crippen molar-refractivity contribution in [1.82, 2.24) is 9.97 Å². The van der Waals surface area contributed by atoms with Crippen LogP contribution in [0, 0.1) is 18.6 Å². The van der Waals surface area contributed by atoms with Crippen LogP contribution in [0.25, 0.3) is 0 Å². The Balaban J connectivity index is 1.44. The van der Waals surface area contributed by atoms with E-state index in [1.165, 1.54) is 0 Å². The van der Waals surface area contributed by atoms with Gasteiger partial charge in [-0.2, -0.15) is 4.98 Å². The predicted molar refractivity (Wildman–Crippen MR) is 112 cm³/mol. The first kappa shape index (κ1) is 19.8. The molecule has 0 radical (unpaired) electrons. The maximum Gasteiger partial charge on any atom is 0.258 e. The van der Waals surface area contributed by atoms with E-state index in [1.54, 1.807) is 24.3 Å². The van der Waals surface area contributed by atoms with Crippen molar-refractivity contribution in [2.45, 2.75) is 19.8 Å². The molecule has 0 unspecified atom stereocenters. The van der Waals surface area contributed by atoms with Gasteiger partial charge in [0.05, 0.1) is 5.56 Å². The standard InChI is InChI=1S/C22H21F2N5O/c1-14-12-20(28-22(25-14)29-10-2-3-11-29)26-16-5-7-17(8-6-16)27-21(30)18-9-4-15(23)13-19(18)24/h4-9,12-13H,2-3,10-11H2,1H3,(H,27,30)(H,25,26,28). The van der Waals surface area contributed by atoms with Crippen LogP contribution < -0.4 is 15.5 Å². The van der Waals surface area contributed by atoms with Gasteiger partial charge >= 0.3 is 0 Å². The Kier molecular flexibility index (Phi) is 5.56. The fourth-order valence-corrected chi connectivity index (χ4v) is 3.33. The molecule has 1 saturated heterocycles. The van der Waals surface area contributed by atoms with Gasteiger partial charge in [-0.3, -0.25) is 4.79 Å². The Morgan fingerprint density at radius 2 is 1.67 bits per heavy atom. The minimum atomic E-state index is -0.904. The fraction of sp³-hybridized carbons (Fsp3) is 0.227. The maximum absolute atomic E-state index is 13.8. The number of halogens is 2. The van der Waals surface area contributed by atoms with Gasteiger partial charge in [-0.15, -0.1) is 0 Å². The van der Waals surface area contributed by atoms with Crippen molar-refractivity contribution in [1.29, 1.82) is 0 Å². The molecule has 1 amide bonds. The summed E-state index contributed by atoms with van der Waals surface area (Å²) in [6.45, 7) is 3.86. The lowest BCUT2D eigenvalue weighted by atomic mass is 10.2. The van der Waals surface area contributed by atoms with Crippen LogP contribution in [0.5, 0.6) is 0 Å². The molecule has 2 N–H and O–H groups in total. The van der Waals surface area contributed by atoms with Crippen LogP contribution in [0.2, 0.25) is 0 Å². The van der Waals surface area contributed by atoms with Gasteiger partial charge in [0.25, 0.3) is 5.91 Å². The Labute approximate surface area is 173 Å². The van der Waals surface area contributed by atoms with Gasteiger partial charge in [-0.1, -0.05) is 0 Å². The highest BCUT2D eigenvalue weighted by Crippen LogP contribution is 2.22. The minimum absolute atomic E-state index is 0.218. The molecule has 0 saturated carbocycles. The number of nitrogens with zero attached hydrogens (tertiary/aromatic N) is 3. The molecular formula is C22H21F2N5O. The molecule has 1 aromatic heterocycles. The summed E-state index contributed by atoms with van der Waals surface area (Å²) in [5.41, 5.74) is 1.93. The zero-order chi connectivity index (χ0) is 21.1. The van der Waals surface area contributed by atoms with E-state index in [1.807, 2.05) is 13.0 Å². The molecule has 3 aromatic rings. The van der Waals surface area contributed by atoms with E-state index in [2.05, 4.69) is 25.5 Å². The highest BCUT2D eigenvalue weighted by molar-refractivity contribution is 6.04. The molecule has 4 rings (SSSR count). The summed E-state index contributed by atoms with van der Waals surface area (Å²) in [6.07, 6.45) is 2.30. The quantitative estimate of drug-likeness (QED) is 0.641. The van der Waals surface area contributed by atoms with Gasteiger partial charge < -0.3 is 15.5 Å². The molecule has 2 aromatic carbocycles. The van der Waals surface area contributed by atoms with Crippen molar-refractivity contribution in [2.75, 3.05) is 28.6 Å². The zero-order valence-electron chi connectivity index (χ0n) is 16.5. The lowest BCUT2D eigenvalue weighted by Crippen LogP contribution is -2.21. The second kappa shape index (κ2) is 8.44. The first-order valence-electron chi connectivity index (χ1n) is 9.72. The Morgan fingerprint density at radius 3 is 2.37 bits per heavy atom. The van der Waals surface area contributed by atoms with E-state index in [9.17, 15) is 13.6 Å². The zero-order valence-corrected chi connectivity index (χ0v) is 16.5. The van der Waals surface area contributed by atoms with E-state index < -0.39 is 17.5 Å². The molecule has 154 valence electrons. The largest absolute Gasteiger partial charge is 0.341 e. The van der Waals surface area contributed by atoms with Crippen LogP contribution in [0.3, 0.4) is 0 Å². The molecule has 6 nitrogen and oxygen atoms in total. The molecule has 0 aliphatic carbocycles. The van der Waals surface area contributed by atoms with Gasteiger partial charge in [-0.25, -0.2) is 13.8 Å². The average Bonchev–Trinajstić information content (AvgIpc) is 3.24. The number of aromatic nitrogens is 2. The summed E-state index contributed by atoms with van der Waals surface area (Å²) in [5.74, 6) is -0.865. The summed E-state index contributed by atoms with van der Waals surface area (Å²) in [4.78, 5) is 23.5. The first-order valence-corrected chi connectivity index (χ1v) is 9.72. The van der Waals surface area contributed by atoms with E-state index in [0.29, 0.717) is 17.6 Å². The van der Waals surface area contributed by atoms with E-state index in [4.69, 9.17) is 0 Å². The molecular weight excluding hydrogens is 388 g/mol. The molecule has 30 heavy (non-hydrogen) atoms. The first-order chi connectivity index (χ1) is 14.5. The third-order valence-corrected chi connectivity index (χ3v) is 4.82. The number of rotatable bonds is 5. The second-order valence-corrected chi connectivity index (χ2v) is 7.17. The number of aryl methyl sites for hydroxylation is 1. The van der Waals surface area contributed by atoms with Crippen molar-refractivity contribution in [3.63, 3.8) is 0 Å².